The van der Waals surface area contributed by atoms with Gasteiger partial charge in [0.2, 0.25) is 0 Å². The molecule has 2 heterocycles. The Balaban J connectivity index is 2.14. The molecule has 78 valence electrons. The standard InChI is InChI=1S/C11H13N3O/c12-6-10-5-11(1-3-13-10)14-4-2-9(7-14)8-15/h1,3,5,9,15H,2,4,7-8H2. The van der Waals surface area contributed by atoms with Crippen molar-refractivity contribution in [3.8, 4) is 6.07 Å². The Morgan fingerprint density at radius 1 is 1.67 bits per heavy atom. The summed E-state index contributed by atoms with van der Waals surface area (Å²) in [6.07, 6.45) is 2.67. The highest BCUT2D eigenvalue weighted by Gasteiger charge is 2.21. The van der Waals surface area contributed by atoms with E-state index < -0.39 is 0 Å². The van der Waals surface area contributed by atoms with Gasteiger partial charge in [-0.3, -0.25) is 0 Å². The molecular weight excluding hydrogens is 190 g/mol. The molecule has 0 bridgehead atoms. The second-order valence-electron chi connectivity index (χ2n) is 3.79. The van der Waals surface area contributed by atoms with Crippen LogP contribution in [0.4, 0.5) is 5.69 Å². The van der Waals surface area contributed by atoms with Crippen molar-refractivity contribution >= 4 is 5.69 Å². The Morgan fingerprint density at radius 3 is 3.20 bits per heavy atom. The number of pyridine rings is 1. The first-order valence-electron chi connectivity index (χ1n) is 5.05. The predicted molar refractivity (Wildman–Crippen MR) is 56.4 cm³/mol. The highest BCUT2D eigenvalue weighted by molar-refractivity contribution is 5.49. The third kappa shape index (κ3) is 2.08. The molecule has 1 aromatic heterocycles. The molecule has 1 fully saturated rings. The number of aliphatic hydroxyl groups is 1. The topological polar surface area (TPSA) is 60.2 Å². The summed E-state index contributed by atoms with van der Waals surface area (Å²) in [5, 5.41) is 17.8. The van der Waals surface area contributed by atoms with E-state index in [2.05, 4.69) is 9.88 Å². The summed E-state index contributed by atoms with van der Waals surface area (Å²) in [4.78, 5) is 6.12. The fraction of sp³-hybridized carbons (Fsp3) is 0.455. The molecule has 4 heteroatoms. The van der Waals surface area contributed by atoms with Crippen molar-refractivity contribution in [3.63, 3.8) is 0 Å². The van der Waals surface area contributed by atoms with E-state index in [9.17, 15) is 0 Å². The van der Waals surface area contributed by atoms with Crippen molar-refractivity contribution in [1.82, 2.24) is 4.98 Å². The van der Waals surface area contributed by atoms with Crippen LogP contribution < -0.4 is 4.90 Å². The zero-order chi connectivity index (χ0) is 10.7. The van der Waals surface area contributed by atoms with Gasteiger partial charge >= 0.3 is 0 Å². The summed E-state index contributed by atoms with van der Waals surface area (Å²) >= 11 is 0. The maximum Gasteiger partial charge on any atom is 0.142 e. The van der Waals surface area contributed by atoms with Gasteiger partial charge in [0.1, 0.15) is 11.8 Å². The summed E-state index contributed by atoms with van der Waals surface area (Å²) in [6.45, 7) is 2.05. The van der Waals surface area contributed by atoms with E-state index in [1.807, 2.05) is 12.1 Å². The molecule has 1 atom stereocenters. The third-order valence-electron chi connectivity index (χ3n) is 2.77. The fourth-order valence-corrected chi connectivity index (χ4v) is 1.89. The lowest BCUT2D eigenvalue weighted by Crippen LogP contribution is -2.20. The van der Waals surface area contributed by atoms with E-state index >= 15 is 0 Å². The van der Waals surface area contributed by atoms with Crippen molar-refractivity contribution in [2.24, 2.45) is 5.92 Å². The van der Waals surface area contributed by atoms with E-state index in [1.54, 1.807) is 12.3 Å². The molecule has 1 saturated heterocycles. The molecule has 4 nitrogen and oxygen atoms in total. The third-order valence-corrected chi connectivity index (χ3v) is 2.77. The van der Waals surface area contributed by atoms with Crippen LogP contribution in [0.15, 0.2) is 18.3 Å². The largest absolute Gasteiger partial charge is 0.396 e. The first-order chi connectivity index (χ1) is 7.33. The molecule has 0 aliphatic carbocycles. The number of nitriles is 1. The summed E-state index contributed by atoms with van der Waals surface area (Å²) in [6, 6.07) is 5.72. The number of hydrogen-bond donors (Lipinski definition) is 1. The van der Waals surface area contributed by atoms with Gasteiger partial charge in [0.05, 0.1) is 0 Å². The first-order valence-corrected chi connectivity index (χ1v) is 5.05. The van der Waals surface area contributed by atoms with E-state index in [1.165, 1.54) is 0 Å². The lowest BCUT2D eigenvalue weighted by molar-refractivity contribution is 0.238. The number of nitrogens with zero attached hydrogens (tertiary/aromatic N) is 3. The van der Waals surface area contributed by atoms with Crippen molar-refractivity contribution in [2.45, 2.75) is 6.42 Å². The Morgan fingerprint density at radius 2 is 2.53 bits per heavy atom. The van der Waals surface area contributed by atoms with Gasteiger partial charge in [0.15, 0.2) is 0 Å². The molecular formula is C11H13N3O. The molecule has 0 spiro atoms. The van der Waals surface area contributed by atoms with Crippen LogP contribution >= 0.6 is 0 Å². The van der Waals surface area contributed by atoms with Gasteiger partial charge in [0.25, 0.3) is 0 Å². The number of aliphatic hydroxyl groups excluding tert-OH is 1. The summed E-state index contributed by atoms with van der Waals surface area (Å²) < 4.78 is 0. The lowest BCUT2D eigenvalue weighted by Gasteiger charge is -2.18. The number of anilines is 1. The molecule has 0 saturated carbocycles. The molecule has 0 aromatic carbocycles. The second kappa shape index (κ2) is 4.28. The SMILES string of the molecule is N#Cc1cc(N2CCC(CO)C2)ccn1. The Labute approximate surface area is 88.8 Å². The average molecular weight is 203 g/mol. The molecule has 1 unspecified atom stereocenters. The molecule has 1 N–H and O–H groups in total. The van der Waals surface area contributed by atoms with Crippen molar-refractivity contribution in [2.75, 3.05) is 24.6 Å². The Hall–Kier alpha value is -1.60. The van der Waals surface area contributed by atoms with Crippen LogP contribution in [-0.2, 0) is 0 Å². The van der Waals surface area contributed by atoms with Crippen LogP contribution in [0.25, 0.3) is 0 Å². The highest BCUT2D eigenvalue weighted by Crippen LogP contribution is 2.23. The molecule has 0 radical (unpaired) electrons. The lowest BCUT2D eigenvalue weighted by atomic mass is 10.1. The Kier molecular flexibility index (Phi) is 2.84. The fourth-order valence-electron chi connectivity index (χ4n) is 1.89. The zero-order valence-corrected chi connectivity index (χ0v) is 8.43. The van der Waals surface area contributed by atoms with Gasteiger partial charge in [-0.2, -0.15) is 5.26 Å². The summed E-state index contributed by atoms with van der Waals surface area (Å²) in [5.41, 5.74) is 1.47. The number of aromatic nitrogens is 1. The monoisotopic (exact) mass is 203 g/mol. The molecule has 1 aromatic rings. The molecule has 1 aliphatic heterocycles. The van der Waals surface area contributed by atoms with Crippen LogP contribution in [0, 0.1) is 17.2 Å². The quantitative estimate of drug-likeness (QED) is 0.771. The van der Waals surface area contributed by atoms with Crippen LogP contribution in [-0.4, -0.2) is 29.8 Å². The molecule has 2 rings (SSSR count). The van der Waals surface area contributed by atoms with E-state index in [0.717, 1.165) is 25.2 Å². The van der Waals surface area contributed by atoms with Crippen molar-refractivity contribution in [3.05, 3.63) is 24.0 Å². The minimum atomic E-state index is 0.243. The molecule has 1 aliphatic rings. The minimum Gasteiger partial charge on any atom is -0.396 e. The number of hydrogen-bond acceptors (Lipinski definition) is 4. The molecule has 15 heavy (non-hydrogen) atoms. The summed E-state index contributed by atoms with van der Waals surface area (Å²) in [7, 11) is 0. The first kappa shape index (κ1) is 9.94. The van der Waals surface area contributed by atoms with E-state index in [4.69, 9.17) is 10.4 Å². The predicted octanol–water partition coefficient (Wildman–Crippen LogP) is 0.772. The van der Waals surface area contributed by atoms with Crippen LogP contribution in [0.1, 0.15) is 12.1 Å². The normalized spacial score (nSPS) is 20.3. The maximum atomic E-state index is 9.04. The van der Waals surface area contributed by atoms with Gasteiger partial charge in [-0.05, 0) is 18.6 Å². The number of rotatable bonds is 2. The maximum absolute atomic E-state index is 9.04. The van der Waals surface area contributed by atoms with Crippen LogP contribution in [0.3, 0.4) is 0 Å². The van der Waals surface area contributed by atoms with E-state index in [0.29, 0.717) is 11.6 Å². The highest BCUT2D eigenvalue weighted by atomic mass is 16.3. The minimum absolute atomic E-state index is 0.243. The zero-order valence-electron chi connectivity index (χ0n) is 8.43. The van der Waals surface area contributed by atoms with Crippen LogP contribution in [0.2, 0.25) is 0 Å². The van der Waals surface area contributed by atoms with Crippen molar-refractivity contribution < 1.29 is 5.11 Å². The van der Waals surface area contributed by atoms with E-state index in [-0.39, 0.29) is 6.61 Å². The van der Waals surface area contributed by atoms with Gasteiger partial charge in [0, 0.05) is 37.5 Å². The average Bonchev–Trinajstić information content (AvgIpc) is 2.78. The van der Waals surface area contributed by atoms with Gasteiger partial charge in [-0.25, -0.2) is 4.98 Å². The van der Waals surface area contributed by atoms with Gasteiger partial charge in [-0.1, -0.05) is 0 Å². The Bertz CT molecular complexity index is 386. The van der Waals surface area contributed by atoms with Gasteiger partial charge < -0.3 is 10.0 Å². The second-order valence-corrected chi connectivity index (χ2v) is 3.79. The summed E-state index contributed by atoms with van der Waals surface area (Å²) in [5.74, 6) is 0.365. The molecule has 0 amide bonds. The van der Waals surface area contributed by atoms with Gasteiger partial charge in [-0.15, -0.1) is 0 Å². The smallest absolute Gasteiger partial charge is 0.142 e. The van der Waals surface area contributed by atoms with Crippen LogP contribution in [0.5, 0.6) is 0 Å². The van der Waals surface area contributed by atoms with Crippen molar-refractivity contribution in [1.29, 1.82) is 5.26 Å².